The lowest BCUT2D eigenvalue weighted by Gasteiger charge is -2.16. The van der Waals surface area contributed by atoms with Gasteiger partial charge in [-0.1, -0.05) is 19.8 Å². The fraction of sp³-hybridized carbons (Fsp3) is 0.727. The summed E-state index contributed by atoms with van der Waals surface area (Å²) in [6, 6.07) is 0.240. The zero-order valence-electron chi connectivity index (χ0n) is 10.3. The molecule has 0 spiro atoms. The van der Waals surface area contributed by atoms with Crippen LogP contribution in [-0.4, -0.2) is 27.8 Å². The van der Waals surface area contributed by atoms with E-state index in [2.05, 4.69) is 27.4 Å². The first-order valence-corrected chi connectivity index (χ1v) is 5.81. The highest BCUT2D eigenvalue weighted by Crippen LogP contribution is 2.07. The molecule has 1 aromatic heterocycles. The van der Waals surface area contributed by atoms with Crippen LogP contribution >= 0.6 is 0 Å². The van der Waals surface area contributed by atoms with Gasteiger partial charge in [0.25, 0.3) is 0 Å². The Morgan fingerprint density at radius 3 is 2.56 bits per heavy atom. The number of unbranched alkanes of at least 4 members (excludes halogenated alkanes) is 1. The second-order valence-corrected chi connectivity index (χ2v) is 4.03. The molecule has 5 nitrogen and oxygen atoms in total. The van der Waals surface area contributed by atoms with E-state index in [9.17, 15) is 0 Å². The Hall–Kier alpha value is -1.23. The molecule has 1 atom stereocenters. The van der Waals surface area contributed by atoms with Gasteiger partial charge in [0.1, 0.15) is 0 Å². The standard InChI is InChI=1S/C11H21N5/c1-4-5-6-10(7-12)14-11-13-8(2)9(3)15-16-11/h10H,4-7,12H2,1-3H3,(H,13,14,16). The van der Waals surface area contributed by atoms with Gasteiger partial charge in [0.15, 0.2) is 0 Å². The molecule has 1 unspecified atom stereocenters. The molecule has 0 saturated carbocycles. The number of aromatic nitrogens is 3. The smallest absolute Gasteiger partial charge is 0.243 e. The molecule has 16 heavy (non-hydrogen) atoms. The number of hydrogen-bond acceptors (Lipinski definition) is 5. The third kappa shape index (κ3) is 3.73. The van der Waals surface area contributed by atoms with E-state index in [1.54, 1.807) is 0 Å². The number of nitrogens with one attached hydrogen (secondary N) is 1. The molecule has 0 fully saturated rings. The summed E-state index contributed by atoms with van der Waals surface area (Å²) < 4.78 is 0. The molecular weight excluding hydrogens is 202 g/mol. The van der Waals surface area contributed by atoms with E-state index < -0.39 is 0 Å². The molecule has 0 aliphatic rings. The first-order chi connectivity index (χ1) is 7.67. The molecule has 1 rings (SSSR count). The van der Waals surface area contributed by atoms with Gasteiger partial charge in [-0.25, -0.2) is 4.98 Å². The Morgan fingerprint density at radius 2 is 2.00 bits per heavy atom. The second-order valence-electron chi connectivity index (χ2n) is 4.03. The quantitative estimate of drug-likeness (QED) is 0.762. The summed E-state index contributed by atoms with van der Waals surface area (Å²) in [6.45, 7) is 6.59. The SMILES string of the molecule is CCCCC(CN)Nc1nnc(C)c(C)n1. The third-order valence-corrected chi connectivity index (χ3v) is 2.62. The monoisotopic (exact) mass is 223 g/mol. The lowest BCUT2D eigenvalue weighted by atomic mass is 10.1. The van der Waals surface area contributed by atoms with Crippen LogP contribution in [0.15, 0.2) is 0 Å². The maximum Gasteiger partial charge on any atom is 0.243 e. The molecular formula is C11H21N5. The summed E-state index contributed by atoms with van der Waals surface area (Å²) >= 11 is 0. The third-order valence-electron chi connectivity index (χ3n) is 2.62. The van der Waals surface area contributed by atoms with Gasteiger partial charge in [-0.05, 0) is 20.3 Å². The van der Waals surface area contributed by atoms with Crippen molar-refractivity contribution in [2.75, 3.05) is 11.9 Å². The van der Waals surface area contributed by atoms with E-state index >= 15 is 0 Å². The van der Waals surface area contributed by atoms with Crippen molar-refractivity contribution in [3.8, 4) is 0 Å². The van der Waals surface area contributed by atoms with Crippen molar-refractivity contribution >= 4 is 5.95 Å². The summed E-state index contributed by atoms with van der Waals surface area (Å²) in [5, 5.41) is 11.3. The topological polar surface area (TPSA) is 76.7 Å². The van der Waals surface area contributed by atoms with Crippen LogP contribution in [0.2, 0.25) is 0 Å². The van der Waals surface area contributed by atoms with Crippen molar-refractivity contribution in [1.82, 2.24) is 15.2 Å². The highest BCUT2D eigenvalue weighted by molar-refractivity contribution is 5.26. The highest BCUT2D eigenvalue weighted by atomic mass is 15.2. The lowest BCUT2D eigenvalue weighted by molar-refractivity contribution is 0.608. The first kappa shape index (κ1) is 12.8. The molecule has 0 radical (unpaired) electrons. The van der Waals surface area contributed by atoms with Gasteiger partial charge in [-0.15, -0.1) is 5.10 Å². The van der Waals surface area contributed by atoms with Crippen LogP contribution in [0.25, 0.3) is 0 Å². The van der Waals surface area contributed by atoms with Gasteiger partial charge in [-0.3, -0.25) is 0 Å². The van der Waals surface area contributed by atoms with E-state index in [1.807, 2.05) is 13.8 Å². The van der Waals surface area contributed by atoms with Crippen LogP contribution in [0.5, 0.6) is 0 Å². The van der Waals surface area contributed by atoms with Crippen LogP contribution in [0.1, 0.15) is 37.6 Å². The van der Waals surface area contributed by atoms with Crippen molar-refractivity contribution in [2.24, 2.45) is 5.73 Å². The van der Waals surface area contributed by atoms with Gasteiger partial charge >= 0.3 is 0 Å². The highest BCUT2D eigenvalue weighted by Gasteiger charge is 2.08. The largest absolute Gasteiger partial charge is 0.349 e. The summed E-state index contributed by atoms with van der Waals surface area (Å²) in [4.78, 5) is 4.33. The van der Waals surface area contributed by atoms with Gasteiger partial charge in [0.2, 0.25) is 5.95 Å². The molecule has 0 aliphatic carbocycles. The van der Waals surface area contributed by atoms with Crippen LogP contribution < -0.4 is 11.1 Å². The maximum atomic E-state index is 5.69. The Morgan fingerprint density at radius 1 is 1.25 bits per heavy atom. The minimum atomic E-state index is 0.240. The number of nitrogens with two attached hydrogens (primary N) is 1. The second kappa shape index (κ2) is 6.37. The Bertz CT molecular complexity index is 326. The minimum absolute atomic E-state index is 0.240. The molecule has 0 aliphatic heterocycles. The van der Waals surface area contributed by atoms with Gasteiger partial charge < -0.3 is 11.1 Å². The summed E-state index contributed by atoms with van der Waals surface area (Å²) in [6.07, 6.45) is 3.38. The van der Waals surface area contributed by atoms with E-state index in [4.69, 9.17) is 5.73 Å². The molecule has 0 aromatic carbocycles. The number of anilines is 1. The van der Waals surface area contributed by atoms with Crippen LogP contribution in [0.3, 0.4) is 0 Å². The Balaban J connectivity index is 2.59. The Kier molecular flexibility index (Phi) is 5.11. The van der Waals surface area contributed by atoms with Crippen molar-refractivity contribution in [3.05, 3.63) is 11.4 Å². The number of hydrogen-bond donors (Lipinski definition) is 2. The normalized spacial score (nSPS) is 12.5. The van der Waals surface area contributed by atoms with E-state index in [0.29, 0.717) is 12.5 Å². The number of aryl methyl sites for hydroxylation is 2. The molecule has 0 bridgehead atoms. The molecule has 1 heterocycles. The molecule has 3 N–H and O–H groups in total. The number of rotatable bonds is 6. The van der Waals surface area contributed by atoms with Gasteiger partial charge in [0.05, 0.1) is 11.4 Å². The van der Waals surface area contributed by atoms with Gasteiger partial charge in [0, 0.05) is 12.6 Å². The van der Waals surface area contributed by atoms with E-state index in [0.717, 1.165) is 24.2 Å². The lowest BCUT2D eigenvalue weighted by Crippen LogP contribution is -2.30. The van der Waals surface area contributed by atoms with Crippen LogP contribution in [-0.2, 0) is 0 Å². The van der Waals surface area contributed by atoms with Crippen molar-refractivity contribution in [1.29, 1.82) is 0 Å². The van der Waals surface area contributed by atoms with Crippen LogP contribution in [0.4, 0.5) is 5.95 Å². The molecule has 5 heteroatoms. The molecule has 0 amide bonds. The molecule has 1 aromatic rings. The zero-order chi connectivity index (χ0) is 12.0. The predicted octanol–water partition coefficient (Wildman–Crippen LogP) is 1.42. The summed E-state index contributed by atoms with van der Waals surface area (Å²) in [5.41, 5.74) is 7.46. The van der Waals surface area contributed by atoms with Crippen molar-refractivity contribution in [3.63, 3.8) is 0 Å². The summed E-state index contributed by atoms with van der Waals surface area (Å²) in [5.74, 6) is 0.578. The molecule has 90 valence electrons. The summed E-state index contributed by atoms with van der Waals surface area (Å²) in [7, 11) is 0. The average molecular weight is 223 g/mol. The fourth-order valence-electron chi connectivity index (χ4n) is 1.40. The fourth-order valence-corrected chi connectivity index (χ4v) is 1.40. The van der Waals surface area contributed by atoms with E-state index in [-0.39, 0.29) is 6.04 Å². The molecule has 0 saturated heterocycles. The van der Waals surface area contributed by atoms with Crippen molar-refractivity contribution in [2.45, 2.75) is 46.1 Å². The minimum Gasteiger partial charge on any atom is -0.349 e. The van der Waals surface area contributed by atoms with Crippen molar-refractivity contribution < 1.29 is 0 Å². The van der Waals surface area contributed by atoms with Gasteiger partial charge in [-0.2, -0.15) is 5.10 Å². The maximum absolute atomic E-state index is 5.69. The van der Waals surface area contributed by atoms with Crippen LogP contribution in [0, 0.1) is 13.8 Å². The average Bonchev–Trinajstić information content (AvgIpc) is 2.29. The number of nitrogens with zero attached hydrogens (tertiary/aromatic N) is 3. The van der Waals surface area contributed by atoms with E-state index in [1.165, 1.54) is 6.42 Å². The Labute approximate surface area is 96.9 Å². The predicted molar refractivity (Wildman–Crippen MR) is 65.3 cm³/mol. The zero-order valence-corrected chi connectivity index (χ0v) is 10.3. The first-order valence-electron chi connectivity index (χ1n) is 5.81.